The highest BCUT2D eigenvalue weighted by Gasteiger charge is 2.15. The van der Waals surface area contributed by atoms with Gasteiger partial charge in [-0.25, -0.2) is 9.97 Å². The second-order valence-corrected chi connectivity index (χ2v) is 6.26. The molecule has 1 atom stereocenters. The largest absolute Gasteiger partial charge is 0.385 e. The number of hydrogen-bond acceptors (Lipinski definition) is 5. The standard InChI is InChI=1S/C13H15Cl2N3OS/c1-8-7-20-13(16-8)10(19)6-18(2)5-9-3-4-11(14)17-12(9)15/h3-4,7,10,19H,5-6H2,1-2H3. The highest BCUT2D eigenvalue weighted by molar-refractivity contribution is 7.09. The van der Waals surface area contributed by atoms with Crippen LogP contribution in [0.4, 0.5) is 0 Å². The van der Waals surface area contributed by atoms with Gasteiger partial charge in [0.2, 0.25) is 0 Å². The van der Waals surface area contributed by atoms with Crippen LogP contribution in [0.3, 0.4) is 0 Å². The Morgan fingerprint density at radius 2 is 2.10 bits per heavy atom. The maximum Gasteiger partial charge on any atom is 0.135 e. The Morgan fingerprint density at radius 3 is 2.70 bits per heavy atom. The normalized spacial score (nSPS) is 12.9. The Morgan fingerprint density at radius 1 is 1.35 bits per heavy atom. The molecule has 7 heteroatoms. The Balaban J connectivity index is 1.96. The number of aromatic nitrogens is 2. The van der Waals surface area contributed by atoms with Crippen molar-refractivity contribution in [2.24, 2.45) is 0 Å². The molecule has 0 spiro atoms. The average Bonchev–Trinajstić information content (AvgIpc) is 2.79. The summed E-state index contributed by atoms with van der Waals surface area (Å²) >= 11 is 13.3. The first-order valence-corrected chi connectivity index (χ1v) is 7.69. The maximum atomic E-state index is 10.1. The van der Waals surface area contributed by atoms with E-state index >= 15 is 0 Å². The lowest BCUT2D eigenvalue weighted by molar-refractivity contribution is 0.123. The van der Waals surface area contributed by atoms with Gasteiger partial charge < -0.3 is 5.11 Å². The molecule has 0 aliphatic rings. The van der Waals surface area contributed by atoms with Gasteiger partial charge in [-0.2, -0.15) is 0 Å². The van der Waals surface area contributed by atoms with Crippen LogP contribution in [-0.4, -0.2) is 33.6 Å². The molecule has 4 nitrogen and oxygen atoms in total. The van der Waals surface area contributed by atoms with Crippen LogP contribution >= 0.6 is 34.5 Å². The number of hydrogen-bond donors (Lipinski definition) is 1. The van der Waals surface area contributed by atoms with Gasteiger partial charge in [-0.3, -0.25) is 4.90 Å². The zero-order valence-electron chi connectivity index (χ0n) is 11.2. The number of aliphatic hydroxyl groups is 1. The molecule has 0 radical (unpaired) electrons. The molecule has 0 aliphatic carbocycles. The summed E-state index contributed by atoms with van der Waals surface area (Å²) in [6.07, 6.45) is -0.599. The molecular formula is C13H15Cl2N3OS. The smallest absolute Gasteiger partial charge is 0.135 e. The van der Waals surface area contributed by atoms with Gasteiger partial charge in [0.15, 0.2) is 0 Å². The molecule has 0 fully saturated rings. The summed E-state index contributed by atoms with van der Waals surface area (Å²) in [5.41, 5.74) is 1.80. The van der Waals surface area contributed by atoms with Gasteiger partial charge in [-0.1, -0.05) is 29.3 Å². The average molecular weight is 332 g/mol. The van der Waals surface area contributed by atoms with Crippen LogP contribution < -0.4 is 0 Å². The van der Waals surface area contributed by atoms with Gasteiger partial charge in [0.25, 0.3) is 0 Å². The van der Waals surface area contributed by atoms with Crippen LogP contribution in [0.15, 0.2) is 17.5 Å². The molecule has 108 valence electrons. The summed E-state index contributed by atoms with van der Waals surface area (Å²) in [5.74, 6) is 0. The zero-order chi connectivity index (χ0) is 14.7. The second kappa shape index (κ2) is 6.83. The molecule has 20 heavy (non-hydrogen) atoms. The number of pyridine rings is 1. The van der Waals surface area contributed by atoms with Crippen LogP contribution in [0.2, 0.25) is 10.3 Å². The molecular weight excluding hydrogens is 317 g/mol. The van der Waals surface area contributed by atoms with Crippen molar-refractivity contribution in [2.75, 3.05) is 13.6 Å². The quantitative estimate of drug-likeness (QED) is 0.854. The van der Waals surface area contributed by atoms with E-state index in [1.54, 1.807) is 6.07 Å². The van der Waals surface area contributed by atoms with E-state index in [9.17, 15) is 5.11 Å². The molecule has 2 aromatic rings. The summed E-state index contributed by atoms with van der Waals surface area (Å²) in [5, 5.41) is 13.6. The molecule has 0 bridgehead atoms. The Labute approximate surface area is 132 Å². The third-order valence-corrected chi connectivity index (χ3v) is 4.34. The Bertz CT molecular complexity index is 591. The number of rotatable bonds is 5. The predicted octanol–water partition coefficient (Wildman–Crippen LogP) is 3.32. The summed E-state index contributed by atoms with van der Waals surface area (Å²) < 4.78 is 0. The van der Waals surface area contributed by atoms with Crippen LogP contribution in [-0.2, 0) is 6.54 Å². The summed E-state index contributed by atoms with van der Waals surface area (Å²) in [7, 11) is 1.91. The Kier molecular flexibility index (Phi) is 5.35. The molecule has 0 aromatic carbocycles. The lowest BCUT2D eigenvalue weighted by Crippen LogP contribution is -2.24. The molecule has 1 unspecified atom stereocenters. The van der Waals surface area contributed by atoms with E-state index in [0.29, 0.717) is 23.4 Å². The molecule has 2 rings (SSSR count). The monoisotopic (exact) mass is 331 g/mol. The van der Waals surface area contributed by atoms with Crippen molar-refractivity contribution in [3.63, 3.8) is 0 Å². The first-order valence-electron chi connectivity index (χ1n) is 6.05. The van der Waals surface area contributed by atoms with E-state index < -0.39 is 6.10 Å². The fourth-order valence-corrected chi connectivity index (χ4v) is 2.99. The van der Waals surface area contributed by atoms with E-state index in [4.69, 9.17) is 23.2 Å². The van der Waals surface area contributed by atoms with Crippen molar-refractivity contribution >= 4 is 34.5 Å². The predicted molar refractivity (Wildman–Crippen MR) is 82.4 cm³/mol. The summed E-state index contributed by atoms with van der Waals surface area (Å²) in [6.45, 7) is 2.98. The first kappa shape index (κ1) is 15.7. The third kappa shape index (κ3) is 4.14. The topological polar surface area (TPSA) is 49.2 Å². The molecule has 1 N–H and O–H groups in total. The van der Waals surface area contributed by atoms with Gasteiger partial charge >= 0.3 is 0 Å². The lowest BCUT2D eigenvalue weighted by atomic mass is 10.2. The van der Waals surface area contributed by atoms with E-state index in [1.807, 2.05) is 30.3 Å². The fraction of sp³-hybridized carbons (Fsp3) is 0.385. The van der Waals surface area contributed by atoms with Gasteiger partial charge in [-0.05, 0) is 20.0 Å². The van der Waals surface area contributed by atoms with Crippen molar-refractivity contribution in [2.45, 2.75) is 19.6 Å². The number of aliphatic hydroxyl groups excluding tert-OH is 1. The highest BCUT2D eigenvalue weighted by atomic mass is 35.5. The van der Waals surface area contributed by atoms with Gasteiger partial charge in [0, 0.05) is 29.7 Å². The van der Waals surface area contributed by atoms with Crippen LogP contribution in [0.25, 0.3) is 0 Å². The number of aryl methyl sites for hydroxylation is 1. The van der Waals surface area contributed by atoms with Crippen molar-refractivity contribution in [1.82, 2.24) is 14.9 Å². The van der Waals surface area contributed by atoms with Gasteiger partial charge in [-0.15, -0.1) is 11.3 Å². The van der Waals surface area contributed by atoms with E-state index in [1.165, 1.54) is 11.3 Å². The SMILES string of the molecule is Cc1csc(C(O)CN(C)Cc2ccc(Cl)nc2Cl)n1. The van der Waals surface area contributed by atoms with Gasteiger partial charge in [0.1, 0.15) is 21.4 Å². The summed E-state index contributed by atoms with van der Waals surface area (Å²) in [4.78, 5) is 10.3. The van der Waals surface area contributed by atoms with Crippen molar-refractivity contribution in [1.29, 1.82) is 0 Å². The highest BCUT2D eigenvalue weighted by Crippen LogP contribution is 2.21. The van der Waals surface area contributed by atoms with Crippen LogP contribution in [0, 0.1) is 6.92 Å². The van der Waals surface area contributed by atoms with E-state index in [0.717, 1.165) is 16.3 Å². The minimum Gasteiger partial charge on any atom is -0.385 e. The lowest BCUT2D eigenvalue weighted by Gasteiger charge is -2.19. The number of halogens is 2. The molecule has 2 aromatic heterocycles. The minimum absolute atomic E-state index is 0.375. The first-order chi connectivity index (χ1) is 9.45. The zero-order valence-corrected chi connectivity index (χ0v) is 13.5. The van der Waals surface area contributed by atoms with Crippen molar-refractivity contribution in [3.05, 3.63) is 44.1 Å². The third-order valence-electron chi connectivity index (χ3n) is 2.74. The Hall–Kier alpha value is -0.720. The van der Waals surface area contributed by atoms with E-state index in [-0.39, 0.29) is 0 Å². The van der Waals surface area contributed by atoms with Crippen molar-refractivity contribution < 1.29 is 5.11 Å². The minimum atomic E-state index is -0.599. The van der Waals surface area contributed by atoms with Gasteiger partial charge in [0.05, 0.1) is 0 Å². The second-order valence-electron chi connectivity index (χ2n) is 4.62. The maximum absolute atomic E-state index is 10.1. The molecule has 0 aliphatic heterocycles. The number of thiazole rings is 1. The van der Waals surface area contributed by atoms with Crippen LogP contribution in [0.5, 0.6) is 0 Å². The van der Waals surface area contributed by atoms with E-state index in [2.05, 4.69) is 9.97 Å². The fourth-order valence-electron chi connectivity index (χ4n) is 1.81. The number of nitrogens with zero attached hydrogens (tertiary/aromatic N) is 3. The van der Waals surface area contributed by atoms with Crippen LogP contribution in [0.1, 0.15) is 22.4 Å². The van der Waals surface area contributed by atoms with Crippen molar-refractivity contribution in [3.8, 4) is 0 Å². The molecule has 0 amide bonds. The molecule has 0 saturated heterocycles. The molecule has 0 saturated carbocycles. The number of likely N-dealkylation sites (N-methyl/N-ethyl adjacent to an activating group) is 1. The summed E-state index contributed by atoms with van der Waals surface area (Å²) in [6, 6.07) is 3.55. The molecule has 2 heterocycles.